The van der Waals surface area contributed by atoms with Crippen molar-refractivity contribution < 1.29 is 8.94 Å². The number of anilines is 1. The highest BCUT2D eigenvalue weighted by Crippen LogP contribution is 2.32. The third-order valence-corrected chi connectivity index (χ3v) is 2.50. The fraction of sp³-hybridized carbons (Fsp3) is 0.417. The molecule has 4 nitrogen and oxygen atoms in total. The van der Waals surface area contributed by atoms with Gasteiger partial charge in [0.15, 0.2) is 11.6 Å². The van der Waals surface area contributed by atoms with Gasteiger partial charge in [-0.1, -0.05) is 19.0 Å². The normalized spacial score (nSPS) is 11.2. The van der Waals surface area contributed by atoms with Crippen LogP contribution in [0.25, 0.3) is 11.5 Å². The van der Waals surface area contributed by atoms with Crippen LogP contribution in [0.3, 0.4) is 0 Å². The molecule has 0 aliphatic carbocycles. The van der Waals surface area contributed by atoms with Gasteiger partial charge in [0, 0.05) is 5.56 Å². The number of aromatic nitrogens is 1. The van der Waals surface area contributed by atoms with Gasteiger partial charge in [0.25, 0.3) is 0 Å². The van der Waals surface area contributed by atoms with Gasteiger partial charge in [-0.25, -0.2) is 0 Å². The first-order valence-electron chi connectivity index (χ1n) is 5.38. The van der Waals surface area contributed by atoms with Gasteiger partial charge in [0.1, 0.15) is 0 Å². The standard InChI is InChI=1S/C12H16N2O2/c1-7(2)6-9-11(16-14-12(9)13)10-8(3)4-5-15-10/h4-5,7H,6H2,1-3H3,(H2,13,14). The van der Waals surface area contributed by atoms with E-state index < -0.39 is 0 Å². The van der Waals surface area contributed by atoms with E-state index in [0.717, 1.165) is 23.3 Å². The molecule has 2 heterocycles. The highest BCUT2D eigenvalue weighted by molar-refractivity contribution is 5.64. The molecule has 0 spiro atoms. The van der Waals surface area contributed by atoms with Crippen molar-refractivity contribution in [1.82, 2.24) is 5.16 Å². The Hall–Kier alpha value is -1.71. The average molecular weight is 220 g/mol. The van der Waals surface area contributed by atoms with Crippen molar-refractivity contribution in [2.75, 3.05) is 5.73 Å². The Kier molecular flexibility index (Phi) is 2.73. The fourth-order valence-corrected chi connectivity index (χ4v) is 1.71. The number of rotatable bonds is 3. The van der Waals surface area contributed by atoms with Gasteiger partial charge in [0.05, 0.1) is 6.26 Å². The topological polar surface area (TPSA) is 65.2 Å². The van der Waals surface area contributed by atoms with Gasteiger partial charge in [0.2, 0.25) is 5.76 Å². The number of hydrogen-bond acceptors (Lipinski definition) is 4. The quantitative estimate of drug-likeness (QED) is 0.863. The van der Waals surface area contributed by atoms with Gasteiger partial charge < -0.3 is 14.7 Å². The zero-order valence-electron chi connectivity index (χ0n) is 9.78. The zero-order valence-corrected chi connectivity index (χ0v) is 9.78. The summed E-state index contributed by atoms with van der Waals surface area (Å²) >= 11 is 0. The molecule has 2 aromatic rings. The smallest absolute Gasteiger partial charge is 0.207 e. The summed E-state index contributed by atoms with van der Waals surface area (Å²) in [5.41, 5.74) is 7.77. The molecule has 16 heavy (non-hydrogen) atoms. The van der Waals surface area contributed by atoms with E-state index in [2.05, 4.69) is 19.0 Å². The molecule has 0 radical (unpaired) electrons. The monoisotopic (exact) mass is 220 g/mol. The number of nitrogens with zero attached hydrogens (tertiary/aromatic N) is 1. The summed E-state index contributed by atoms with van der Waals surface area (Å²) in [6.07, 6.45) is 2.48. The maximum Gasteiger partial charge on any atom is 0.207 e. The third-order valence-electron chi connectivity index (χ3n) is 2.50. The molecule has 0 aromatic carbocycles. The lowest BCUT2D eigenvalue weighted by Crippen LogP contribution is -1.98. The van der Waals surface area contributed by atoms with Crippen LogP contribution in [0, 0.1) is 12.8 Å². The zero-order chi connectivity index (χ0) is 11.7. The number of aryl methyl sites for hydroxylation is 1. The lowest BCUT2D eigenvalue weighted by molar-refractivity contribution is 0.418. The van der Waals surface area contributed by atoms with Crippen LogP contribution in [0.15, 0.2) is 21.3 Å². The van der Waals surface area contributed by atoms with Crippen LogP contribution >= 0.6 is 0 Å². The molecular formula is C12H16N2O2. The van der Waals surface area contributed by atoms with E-state index >= 15 is 0 Å². The summed E-state index contributed by atoms with van der Waals surface area (Å²) < 4.78 is 10.6. The molecule has 0 aliphatic rings. The highest BCUT2D eigenvalue weighted by atomic mass is 16.5. The molecule has 0 atom stereocenters. The molecule has 2 aromatic heterocycles. The first-order chi connectivity index (χ1) is 7.59. The molecule has 2 rings (SSSR count). The minimum atomic E-state index is 0.458. The van der Waals surface area contributed by atoms with Crippen LogP contribution in [-0.2, 0) is 6.42 Å². The molecule has 0 aliphatic heterocycles. The lowest BCUT2D eigenvalue weighted by atomic mass is 10.0. The van der Waals surface area contributed by atoms with Crippen LogP contribution in [0.2, 0.25) is 0 Å². The molecule has 4 heteroatoms. The molecular weight excluding hydrogens is 204 g/mol. The molecule has 86 valence electrons. The maximum absolute atomic E-state index is 5.80. The number of hydrogen-bond donors (Lipinski definition) is 1. The SMILES string of the molecule is Cc1ccoc1-c1onc(N)c1CC(C)C. The van der Waals surface area contributed by atoms with E-state index in [0.29, 0.717) is 17.5 Å². The van der Waals surface area contributed by atoms with Crippen LogP contribution in [0.1, 0.15) is 25.0 Å². The van der Waals surface area contributed by atoms with Crippen molar-refractivity contribution in [2.45, 2.75) is 27.2 Å². The Morgan fingerprint density at radius 2 is 2.12 bits per heavy atom. The maximum atomic E-state index is 5.80. The van der Waals surface area contributed by atoms with Gasteiger partial charge >= 0.3 is 0 Å². The minimum Gasteiger partial charge on any atom is -0.461 e. The third kappa shape index (κ3) is 1.83. The van der Waals surface area contributed by atoms with E-state index in [1.54, 1.807) is 6.26 Å². The molecule has 0 amide bonds. The van der Waals surface area contributed by atoms with Crippen LogP contribution in [0.5, 0.6) is 0 Å². The summed E-state index contributed by atoms with van der Waals surface area (Å²) in [6.45, 7) is 6.23. The Labute approximate surface area is 94.4 Å². The van der Waals surface area contributed by atoms with Crippen molar-refractivity contribution in [3.8, 4) is 11.5 Å². The van der Waals surface area contributed by atoms with Crippen molar-refractivity contribution >= 4 is 5.82 Å². The molecule has 0 fully saturated rings. The molecule has 0 bridgehead atoms. The van der Waals surface area contributed by atoms with Crippen LogP contribution < -0.4 is 5.73 Å². The lowest BCUT2D eigenvalue weighted by Gasteiger charge is -2.03. The van der Waals surface area contributed by atoms with E-state index in [1.165, 1.54) is 0 Å². The van der Waals surface area contributed by atoms with E-state index in [9.17, 15) is 0 Å². The molecule has 2 N–H and O–H groups in total. The Morgan fingerprint density at radius 1 is 1.38 bits per heavy atom. The van der Waals surface area contributed by atoms with E-state index in [1.807, 2.05) is 13.0 Å². The summed E-state index contributed by atoms with van der Waals surface area (Å²) in [6, 6.07) is 1.90. The van der Waals surface area contributed by atoms with Crippen LogP contribution in [-0.4, -0.2) is 5.16 Å². The highest BCUT2D eigenvalue weighted by Gasteiger charge is 2.20. The van der Waals surface area contributed by atoms with E-state index in [4.69, 9.17) is 14.7 Å². The van der Waals surface area contributed by atoms with Crippen molar-refractivity contribution in [3.63, 3.8) is 0 Å². The largest absolute Gasteiger partial charge is 0.461 e. The van der Waals surface area contributed by atoms with Gasteiger partial charge in [-0.2, -0.15) is 0 Å². The van der Waals surface area contributed by atoms with Crippen molar-refractivity contribution in [2.24, 2.45) is 5.92 Å². The summed E-state index contributed by atoms with van der Waals surface area (Å²) in [7, 11) is 0. The van der Waals surface area contributed by atoms with Gasteiger partial charge in [-0.05, 0) is 30.9 Å². The summed E-state index contributed by atoms with van der Waals surface area (Å²) in [4.78, 5) is 0. The first-order valence-corrected chi connectivity index (χ1v) is 5.38. The fourth-order valence-electron chi connectivity index (χ4n) is 1.71. The minimum absolute atomic E-state index is 0.458. The molecule has 0 unspecified atom stereocenters. The van der Waals surface area contributed by atoms with Gasteiger partial charge in [-0.15, -0.1) is 0 Å². The Balaban J connectivity index is 2.46. The number of furan rings is 1. The molecule has 0 saturated heterocycles. The molecule has 0 saturated carbocycles. The van der Waals surface area contributed by atoms with Crippen molar-refractivity contribution in [3.05, 3.63) is 23.5 Å². The van der Waals surface area contributed by atoms with Gasteiger partial charge in [-0.3, -0.25) is 0 Å². The van der Waals surface area contributed by atoms with Crippen LogP contribution in [0.4, 0.5) is 5.82 Å². The van der Waals surface area contributed by atoms with E-state index in [-0.39, 0.29) is 0 Å². The average Bonchev–Trinajstić information content (AvgIpc) is 2.75. The second-order valence-electron chi connectivity index (χ2n) is 4.41. The number of nitrogen functional groups attached to an aromatic ring is 1. The summed E-state index contributed by atoms with van der Waals surface area (Å²) in [5.74, 6) is 2.34. The van der Waals surface area contributed by atoms with Crippen molar-refractivity contribution in [1.29, 1.82) is 0 Å². The summed E-state index contributed by atoms with van der Waals surface area (Å²) in [5, 5.41) is 3.81. The predicted molar refractivity (Wildman–Crippen MR) is 61.9 cm³/mol. The Bertz CT molecular complexity index is 483. The predicted octanol–water partition coefficient (Wildman–Crippen LogP) is 3.02. The first kappa shape index (κ1) is 10.8. The number of nitrogens with two attached hydrogens (primary N) is 1. The second-order valence-corrected chi connectivity index (χ2v) is 4.41. The Morgan fingerprint density at radius 3 is 2.69 bits per heavy atom. The second kappa shape index (κ2) is 4.04.